The fourth-order valence-electron chi connectivity index (χ4n) is 2.86. The summed E-state index contributed by atoms with van der Waals surface area (Å²) in [6.07, 6.45) is 1.72. The molecule has 0 aromatic heterocycles. The molecule has 2 N–H and O–H groups in total. The summed E-state index contributed by atoms with van der Waals surface area (Å²) >= 11 is 0. The topological polar surface area (TPSA) is 95.6 Å². The zero-order valence-electron chi connectivity index (χ0n) is 15.0. The smallest absolute Gasteiger partial charge is 0.313 e. The van der Waals surface area contributed by atoms with Gasteiger partial charge in [-0.3, -0.25) is 9.59 Å². The van der Waals surface area contributed by atoms with Gasteiger partial charge in [-0.25, -0.2) is 12.8 Å². The van der Waals surface area contributed by atoms with E-state index >= 15 is 0 Å². The third-order valence-corrected chi connectivity index (χ3v) is 6.32. The molecule has 0 bridgehead atoms. The second-order valence-corrected chi connectivity index (χ2v) is 8.31. The zero-order chi connectivity index (χ0) is 20.1. The van der Waals surface area contributed by atoms with Crippen molar-refractivity contribution < 1.29 is 22.4 Å². The molecule has 1 saturated heterocycles. The highest BCUT2D eigenvalue weighted by Crippen LogP contribution is 2.21. The van der Waals surface area contributed by atoms with Gasteiger partial charge in [-0.15, -0.1) is 0 Å². The quantitative estimate of drug-likeness (QED) is 0.743. The number of nitrogens with zero attached hydrogens (tertiary/aromatic N) is 1. The Balaban J connectivity index is 1.56. The van der Waals surface area contributed by atoms with E-state index in [4.69, 9.17) is 0 Å². The van der Waals surface area contributed by atoms with Gasteiger partial charge >= 0.3 is 11.8 Å². The number of benzene rings is 2. The van der Waals surface area contributed by atoms with E-state index in [-0.39, 0.29) is 17.1 Å². The maximum Gasteiger partial charge on any atom is 0.313 e. The molecule has 0 spiro atoms. The van der Waals surface area contributed by atoms with E-state index in [9.17, 15) is 22.4 Å². The number of nitrogens with one attached hydrogen (secondary N) is 2. The third-order valence-electron chi connectivity index (χ3n) is 4.41. The average Bonchev–Trinajstić information content (AvgIpc) is 3.24. The van der Waals surface area contributed by atoms with Gasteiger partial charge in [0.1, 0.15) is 5.82 Å². The summed E-state index contributed by atoms with van der Waals surface area (Å²) in [7, 11) is -3.49. The van der Waals surface area contributed by atoms with Gasteiger partial charge in [0, 0.05) is 19.6 Å². The Kier molecular flexibility index (Phi) is 6.05. The zero-order valence-corrected chi connectivity index (χ0v) is 15.8. The lowest BCUT2D eigenvalue weighted by Gasteiger charge is -2.15. The van der Waals surface area contributed by atoms with Gasteiger partial charge in [0.25, 0.3) is 0 Å². The van der Waals surface area contributed by atoms with Crippen LogP contribution in [0.1, 0.15) is 18.4 Å². The first-order valence-corrected chi connectivity index (χ1v) is 10.2. The molecule has 0 aliphatic carbocycles. The average molecular weight is 405 g/mol. The summed E-state index contributed by atoms with van der Waals surface area (Å²) in [5.41, 5.74) is 0.548. The van der Waals surface area contributed by atoms with Crippen molar-refractivity contribution in [2.75, 3.05) is 18.4 Å². The van der Waals surface area contributed by atoms with Crippen LogP contribution in [-0.4, -0.2) is 37.6 Å². The number of carbonyl (C=O) groups is 2. The highest BCUT2D eigenvalue weighted by molar-refractivity contribution is 7.89. The highest BCUT2D eigenvalue weighted by atomic mass is 32.2. The van der Waals surface area contributed by atoms with Gasteiger partial charge in [-0.2, -0.15) is 4.31 Å². The molecule has 1 aliphatic rings. The number of hydrogen-bond donors (Lipinski definition) is 2. The molecule has 0 unspecified atom stereocenters. The van der Waals surface area contributed by atoms with Crippen LogP contribution in [0.15, 0.2) is 53.4 Å². The minimum atomic E-state index is -3.49. The van der Waals surface area contributed by atoms with Crippen molar-refractivity contribution in [3.8, 4) is 0 Å². The minimum Gasteiger partial charge on any atom is -0.344 e. The molecular formula is C19H20FN3O4S. The normalized spacial score (nSPS) is 14.6. The summed E-state index contributed by atoms with van der Waals surface area (Å²) in [5.74, 6) is -2.55. The van der Waals surface area contributed by atoms with Crippen molar-refractivity contribution in [3.05, 3.63) is 59.9 Å². The van der Waals surface area contributed by atoms with Crippen LogP contribution in [0.2, 0.25) is 0 Å². The van der Waals surface area contributed by atoms with Crippen LogP contribution in [0.25, 0.3) is 0 Å². The lowest BCUT2D eigenvalue weighted by Crippen LogP contribution is -2.35. The molecule has 9 heteroatoms. The largest absolute Gasteiger partial charge is 0.344 e. The van der Waals surface area contributed by atoms with Crippen LogP contribution in [0, 0.1) is 5.82 Å². The molecule has 1 heterocycles. The minimum absolute atomic E-state index is 0.0353. The third kappa shape index (κ3) is 4.55. The van der Waals surface area contributed by atoms with Crippen molar-refractivity contribution in [2.45, 2.75) is 24.3 Å². The molecule has 7 nitrogen and oxygen atoms in total. The van der Waals surface area contributed by atoms with E-state index in [0.717, 1.165) is 12.8 Å². The van der Waals surface area contributed by atoms with E-state index < -0.39 is 27.7 Å². The number of rotatable bonds is 5. The van der Waals surface area contributed by atoms with Crippen molar-refractivity contribution in [2.24, 2.45) is 0 Å². The summed E-state index contributed by atoms with van der Waals surface area (Å²) in [6, 6.07) is 11.7. The Morgan fingerprint density at radius 3 is 2.25 bits per heavy atom. The van der Waals surface area contributed by atoms with Crippen LogP contribution in [0.3, 0.4) is 0 Å². The first-order chi connectivity index (χ1) is 13.4. The molecule has 0 saturated carbocycles. The maximum atomic E-state index is 13.5. The first kappa shape index (κ1) is 20.0. The number of halogens is 1. The van der Waals surface area contributed by atoms with Gasteiger partial charge in [0.15, 0.2) is 0 Å². The summed E-state index contributed by atoms with van der Waals surface area (Å²) in [6.45, 7) is 1.09. The van der Waals surface area contributed by atoms with Crippen molar-refractivity contribution in [1.82, 2.24) is 9.62 Å². The van der Waals surface area contributed by atoms with Crippen molar-refractivity contribution in [3.63, 3.8) is 0 Å². The second-order valence-electron chi connectivity index (χ2n) is 6.37. The Hall–Kier alpha value is -2.78. The predicted octanol–water partition coefficient (Wildman–Crippen LogP) is 1.87. The van der Waals surface area contributed by atoms with Crippen LogP contribution >= 0.6 is 0 Å². The van der Waals surface area contributed by atoms with Gasteiger partial charge in [-0.05, 0) is 42.7 Å². The number of hydrogen-bond acceptors (Lipinski definition) is 4. The van der Waals surface area contributed by atoms with Crippen LogP contribution in [0.5, 0.6) is 0 Å². The molecular weight excluding hydrogens is 385 g/mol. The fourth-order valence-corrected chi connectivity index (χ4v) is 4.38. The van der Waals surface area contributed by atoms with Gasteiger partial charge in [0.2, 0.25) is 10.0 Å². The highest BCUT2D eigenvalue weighted by Gasteiger charge is 2.26. The Labute approximate surface area is 162 Å². The molecule has 0 radical (unpaired) electrons. The second kappa shape index (κ2) is 8.49. The SMILES string of the molecule is O=C(NCc1ccc(S(=O)(=O)N2CCCC2)cc1)C(=O)Nc1ccccc1F. The number of carbonyl (C=O) groups excluding carboxylic acids is 2. The van der Waals surface area contributed by atoms with Crippen LogP contribution in [-0.2, 0) is 26.2 Å². The Bertz CT molecular complexity index is 971. The van der Waals surface area contributed by atoms with E-state index in [0.29, 0.717) is 18.7 Å². The summed E-state index contributed by atoms with van der Waals surface area (Å²) in [5, 5.41) is 4.61. The predicted molar refractivity (Wildman–Crippen MR) is 101 cm³/mol. The van der Waals surface area contributed by atoms with Crippen molar-refractivity contribution >= 4 is 27.5 Å². The Morgan fingerprint density at radius 2 is 1.61 bits per heavy atom. The van der Waals surface area contributed by atoms with E-state index in [1.165, 1.54) is 40.7 Å². The summed E-state index contributed by atoms with van der Waals surface area (Å²) < 4.78 is 39.9. The maximum absolute atomic E-state index is 13.5. The molecule has 148 valence electrons. The van der Waals surface area contributed by atoms with Gasteiger partial charge in [0.05, 0.1) is 10.6 Å². The fraction of sp³-hybridized carbons (Fsp3) is 0.263. The molecule has 3 rings (SSSR count). The lowest BCUT2D eigenvalue weighted by molar-refractivity contribution is -0.136. The van der Waals surface area contributed by atoms with E-state index in [1.807, 2.05) is 0 Å². The monoisotopic (exact) mass is 405 g/mol. The van der Waals surface area contributed by atoms with Crippen molar-refractivity contribution in [1.29, 1.82) is 0 Å². The lowest BCUT2D eigenvalue weighted by atomic mass is 10.2. The summed E-state index contributed by atoms with van der Waals surface area (Å²) in [4.78, 5) is 23.9. The number of amides is 2. The van der Waals surface area contributed by atoms with Crippen LogP contribution < -0.4 is 10.6 Å². The first-order valence-electron chi connectivity index (χ1n) is 8.81. The molecule has 2 aromatic carbocycles. The van der Waals surface area contributed by atoms with E-state index in [2.05, 4.69) is 10.6 Å². The molecule has 2 aromatic rings. The Morgan fingerprint density at radius 1 is 0.964 bits per heavy atom. The van der Waals surface area contributed by atoms with Gasteiger partial charge < -0.3 is 10.6 Å². The van der Waals surface area contributed by atoms with Gasteiger partial charge in [-0.1, -0.05) is 24.3 Å². The standard InChI is InChI=1S/C19H20FN3O4S/c20-16-5-1-2-6-17(16)22-19(25)18(24)21-13-14-7-9-15(10-8-14)28(26,27)23-11-3-4-12-23/h1-2,5-10H,3-4,11-13H2,(H,21,24)(H,22,25). The molecule has 2 amide bonds. The molecule has 1 aliphatic heterocycles. The van der Waals surface area contributed by atoms with Crippen LogP contribution in [0.4, 0.5) is 10.1 Å². The van der Waals surface area contributed by atoms with E-state index in [1.54, 1.807) is 12.1 Å². The molecule has 28 heavy (non-hydrogen) atoms. The molecule has 1 fully saturated rings. The number of sulfonamides is 1. The molecule has 0 atom stereocenters. The number of para-hydroxylation sites is 1. The number of anilines is 1.